The van der Waals surface area contributed by atoms with Gasteiger partial charge in [-0.05, 0) is 19.3 Å². The minimum atomic E-state index is -2.34. The summed E-state index contributed by atoms with van der Waals surface area (Å²) in [4.78, 5) is 26.0. The van der Waals surface area contributed by atoms with Crippen molar-refractivity contribution >= 4 is 11.9 Å². The van der Waals surface area contributed by atoms with E-state index in [1.807, 2.05) is 0 Å². The first-order valence-corrected chi connectivity index (χ1v) is 14.8. The molecule has 2 rings (SSSR count). The lowest BCUT2D eigenvalue weighted by Crippen LogP contribution is -2.42. The molecule has 0 bridgehead atoms. The molecule has 39 heavy (non-hydrogen) atoms. The molecule has 1 fully saturated rings. The summed E-state index contributed by atoms with van der Waals surface area (Å²) in [6.07, 6.45) is 20.0. The Balaban J connectivity index is 1.58. The van der Waals surface area contributed by atoms with Crippen LogP contribution in [0.5, 0.6) is 0 Å². The molecule has 1 aliphatic rings. The summed E-state index contributed by atoms with van der Waals surface area (Å²) < 4.78 is 73.8. The fourth-order valence-electron chi connectivity index (χ4n) is 5.11. The Labute approximate surface area is 229 Å². The molecule has 1 aromatic carbocycles. The molecule has 0 aliphatic carbocycles. The minimum Gasteiger partial charge on any atom is -0.464 e. The van der Waals surface area contributed by atoms with Gasteiger partial charge in [-0.2, -0.15) is 0 Å². The number of ether oxygens (including phenoxy) is 1. The first-order chi connectivity index (χ1) is 18.8. The lowest BCUT2D eigenvalue weighted by Gasteiger charge is -2.24. The van der Waals surface area contributed by atoms with Crippen molar-refractivity contribution in [2.24, 2.45) is 0 Å². The van der Waals surface area contributed by atoms with E-state index in [9.17, 15) is 31.5 Å². The summed E-state index contributed by atoms with van der Waals surface area (Å²) in [5.41, 5.74) is -1.55. The second-order valence-electron chi connectivity index (χ2n) is 10.6. The van der Waals surface area contributed by atoms with Crippen molar-refractivity contribution in [1.29, 1.82) is 0 Å². The summed E-state index contributed by atoms with van der Waals surface area (Å²) in [7, 11) is 0. The normalized spacial score (nSPS) is 15.2. The zero-order valence-electron chi connectivity index (χ0n) is 23.3. The Morgan fingerprint density at radius 1 is 0.667 bits per heavy atom. The molecular weight excluding hydrogens is 517 g/mol. The Bertz CT molecular complexity index is 882. The van der Waals surface area contributed by atoms with E-state index in [-0.39, 0.29) is 19.6 Å². The van der Waals surface area contributed by atoms with Gasteiger partial charge >= 0.3 is 5.97 Å². The monoisotopic (exact) mass is 561 g/mol. The third-order valence-electron chi connectivity index (χ3n) is 7.45. The van der Waals surface area contributed by atoms with Crippen LogP contribution in [0.3, 0.4) is 0 Å². The van der Waals surface area contributed by atoms with Crippen molar-refractivity contribution in [3.8, 4) is 0 Å². The number of unbranched alkanes of at least 4 members (excludes halogenated alkanes) is 15. The van der Waals surface area contributed by atoms with E-state index in [0.717, 1.165) is 24.2 Å². The Morgan fingerprint density at radius 3 is 1.54 bits per heavy atom. The van der Waals surface area contributed by atoms with Crippen LogP contribution in [0.15, 0.2) is 0 Å². The van der Waals surface area contributed by atoms with Gasteiger partial charge in [-0.1, -0.05) is 103 Å². The van der Waals surface area contributed by atoms with Crippen LogP contribution in [-0.2, 0) is 9.53 Å². The molecule has 9 heteroatoms. The van der Waals surface area contributed by atoms with E-state index >= 15 is 0 Å². The number of rotatable bonds is 19. The molecule has 222 valence electrons. The molecule has 1 heterocycles. The van der Waals surface area contributed by atoms with Gasteiger partial charge in [0, 0.05) is 6.54 Å². The van der Waals surface area contributed by atoms with E-state index in [4.69, 9.17) is 4.74 Å². The lowest BCUT2D eigenvalue weighted by molar-refractivity contribution is -0.148. The average molecular weight is 562 g/mol. The number of carbonyl (C=O) groups excluding carboxylic acids is 2. The van der Waals surface area contributed by atoms with Crippen LogP contribution in [0, 0.1) is 29.1 Å². The highest BCUT2D eigenvalue weighted by Gasteiger charge is 2.39. The van der Waals surface area contributed by atoms with Crippen LogP contribution < -0.4 is 0 Å². The van der Waals surface area contributed by atoms with Crippen molar-refractivity contribution < 1.29 is 36.3 Å². The van der Waals surface area contributed by atoms with E-state index < -0.39 is 52.6 Å². The van der Waals surface area contributed by atoms with Crippen molar-refractivity contribution in [3.63, 3.8) is 0 Å². The maximum atomic E-state index is 14.1. The van der Waals surface area contributed by atoms with Gasteiger partial charge in [0.25, 0.3) is 5.91 Å². The van der Waals surface area contributed by atoms with Crippen molar-refractivity contribution in [1.82, 2.24) is 4.90 Å². The van der Waals surface area contributed by atoms with Crippen molar-refractivity contribution in [2.75, 3.05) is 13.2 Å². The van der Waals surface area contributed by atoms with Gasteiger partial charge in [0.2, 0.25) is 5.82 Å². The minimum absolute atomic E-state index is 0.0445. The molecule has 0 spiro atoms. The van der Waals surface area contributed by atoms with Crippen molar-refractivity contribution in [3.05, 3.63) is 34.6 Å². The van der Waals surface area contributed by atoms with Crippen LogP contribution in [0.25, 0.3) is 0 Å². The standard InChI is InChI=1S/C30H44F5NO3/c1-2-3-4-5-6-7-8-9-10-11-12-13-14-15-16-17-21-39-30(38)22-19-18-20-36(22)29(37)23-24(31)26(33)28(35)27(34)25(23)32/h22H,2-21H2,1H3. The van der Waals surface area contributed by atoms with Gasteiger partial charge in [0.15, 0.2) is 23.3 Å². The number of amides is 1. The molecule has 1 saturated heterocycles. The quantitative estimate of drug-likeness (QED) is 0.0558. The molecule has 4 nitrogen and oxygen atoms in total. The second-order valence-corrected chi connectivity index (χ2v) is 10.6. The van der Waals surface area contributed by atoms with Gasteiger partial charge in [0.1, 0.15) is 11.6 Å². The highest BCUT2D eigenvalue weighted by Crippen LogP contribution is 2.28. The smallest absolute Gasteiger partial charge is 0.328 e. The van der Waals surface area contributed by atoms with Crippen molar-refractivity contribution in [2.45, 2.75) is 129 Å². The summed E-state index contributed by atoms with van der Waals surface area (Å²) in [6, 6.07) is -1.12. The number of likely N-dealkylation sites (tertiary alicyclic amines) is 1. The fourth-order valence-corrected chi connectivity index (χ4v) is 5.11. The number of hydrogen-bond acceptors (Lipinski definition) is 3. The van der Waals surface area contributed by atoms with Crippen LogP contribution >= 0.6 is 0 Å². The summed E-state index contributed by atoms with van der Waals surface area (Å²) >= 11 is 0. The largest absolute Gasteiger partial charge is 0.464 e. The van der Waals surface area contributed by atoms with Crippen LogP contribution in [0.1, 0.15) is 133 Å². The number of hydrogen-bond donors (Lipinski definition) is 0. The SMILES string of the molecule is CCCCCCCCCCCCCCCCCCOC(=O)C1CCCN1C(=O)c1c(F)c(F)c(F)c(F)c1F. The number of esters is 1. The maximum absolute atomic E-state index is 14.1. The first-order valence-electron chi connectivity index (χ1n) is 14.8. The number of halogens is 5. The summed E-state index contributed by atoms with van der Waals surface area (Å²) in [5.74, 6) is -13.3. The van der Waals surface area contributed by atoms with E-state index in [2.05, 4.69) is 6.92 Å². The van der Waals surface area contributed by atoms with Gasteiger partial charge in [-0.15, -0.1) is 0 Å². The molecule has 1 atom stereocenters. The third kappa shape index (κ3) is 10.4. The number of benzene rings is 1. The summed E-state index contributed by atoms with van der Waals surface area (Å²) in [5, 5.41) is 0. The van der Waals surface area contributed by atoms with Gasteiger partial charge < -0.3 is 9.64 Å². The lowest BCUT2D eigenvalue weighted by atomic mass is 10.0. The molecule has 0 saturated carbocycles. The Morgan fingerprint density at radius 2 is 1.08 bits per heavy atom. The predicted octanol–water partition coefficient (Wildman–Crippen LogP) is 8.79. The van der Waals surface area contributed by atoms with Gasteiger partial charge in [0.05, 0.1) is 6.61 Å². The van der Waals surface area contributed by atoms with E-state index in [1.54, 1.807) is 0 Å². The van der Waals surface area contributed by atoms with E-state index in [1.165, 1.54) is 77.0 Å². The summed E-state index contributed by atoms with van der Waals surface area (Å²) in [6.45, 7) is 2.35. The van der Waals surface area contributed by atoms with Crippen LogP contribution in [-0.4, -0.2) is 36.0 Å². The number of carbonyl (C=O) groups is 2. The molecule has 1 aliphatic heterocycles. The highest BCUT2D eigenvalue weighted by atomic mass is 19.2. The zero-order valence-corrected chi connectivity index (χ0v) is 23.3. The molecule has 0 N–H and O–H groups in total. The van der Waals surface area contributed by atoms with Gasteiger partial charge in [-0.3, -0.25) is 4.79 Å². The zero-order chi connectivity index (χ0) is 28.6. The molecule has 0 aromatic heterocycles. The highest BCUT2D eigenvalue weighted by molar-refractivity contribution is 5.97. The van der Waals surface area contributed by atoms with Crippen LogP contribution in [0.2, 0.25) is 0 Å². The fraction of sp³-hybridized carbons (Fsp3) is 0.733. The van der Waals surface area contributed by atoms with Gasteiger partial charge in [-0.25, -0.2) is 26.7 Å². The topological polar surface area (TPSA) is 46.6 Å². The molecule has 0 radical (unpaired) electrons. The molecule has 1 amide bonds. The third-order valence-corrected chi connectivity index (χ3v) is 7.45. The average Bonchev–Trinajstić information content (AvgIpc) is 3.43. The van der Waals surface area contributed by atoms with Crippen LogP contribution in [0.4, 0.5) is 22.0 Å². The number of nitrogens with zero attached hydrogens (tertiary/aromatic N) is 1. The molecule has 1 aromatic rings. The Hall–Kier alpha value is -2.19. The molecular formula is C30H44F5NO3. The first kappa shape index (κ1) is 33.0. The van der Waals surface area contributed by atoms with E-state index in [0.29, 0.717) is 12.8 Å². The molecule has 1 unspecified atom stereocenters. The second kappa shape index (κ2) is 18.2. The Kier molecular flexibility index (Phi) is 15.4. The maximum Gasteiger partial charge on any atom is 0.328 e. The predicted molar refractivity (Wildman–Crippen MR) is 141 cm³/mol.